The number of amides is 2. The van der Waals surface area contributed by atoms with Gasteiger partial charge in [0.2, 0.25) is 11.8 Å². The lowest BCUT2D eigenvalue weighted by Crippen LogP contribution is -2.21. The number of aliphatic hydroxyl groups excluding tert-OH is 1. The molecule has 0 saturated carbocycles. The molecule has 1 atom stereocenters. The van der Waals surface area contributed by atoms with Crippen LogP contribution in [0.4, 0.5) is 5.69 Å². The number of anilines is 1. The molecule has 1 heterocycles. The Morgan fingerprint density at radius 2 is 2.00 bits per heavy atom. The topological polar surface area (TPSA) is 91.3 Å². The lowest BCUT2D eigenvalue weighted by molar-refractivity contribution is -0.117. The van der Waals surface area contributed by atoms with Crippen molar-refractivity contribution in [1.82, 2.24) is 10.3 Å². The molecule has 1 aromatic heterocycles. The molecule has 2 rings (SSSR count). The molecule has 0 aliphatic heterocycles. The van der Waals surface area contributed by atoms with Gasteiger partial charge in [-0.1, -0.05) is 25.1 Å². The van der Waals surface area contributed by atoms with Crippen LogP contribution in [0.25, 0.3) is 0 Å². The molecule has 2 amide bonds. The number of aromatic nitrogens is 1. The number of hydrogen-bond acceptors (Lipinski definition) is 4. The number of nitrogens with one attached hydrogen (secondary N) is 2. The summed E-state index contributed by atoms with van der Waals surface area (Å²) in [6.07, 6.45) is 5.69. The van der Waals surface area contributed by atoms with Crippen molar-refractivity contribution in [2.45, 2.75) is 26.0 Å². The van der Waals surface area contributed by atoms with Crippen LogP contribution >= 0.6 is 0 Å². The van der Waals surface area contributed by atoms with Crippen LogP contribution in [0.3, 0.4) is 0 Å². The van der Waals surface area contributed by atoms with Crippen molar-refractivity contribution in [2.24, 2.45) is 0 Å². The highest BCUT2D eigenvalue weighted by atomic mass is 16.3. The monoisotopic (exact) mass is 339 g/mol. The van der Waals surface area contributed by atoms with E-state index in [0.717, 1.165) is 11.1 Å². The second-order valence-electron chi connectivity index (χ2n) is 5.45. The normalized spacial score (nSPS) is 11.9. The highest BCUT2D eigenvalue weighted by Gasteiger charge is 2.06. The molecule has 0 radical (unpaired) electrons. The zero-order valence-corrected chi connectivity index (χ0v) is 14.0. The molecule has 0 aliphatic rings. The summed E-state index contributed by atoms with van der Waals surface area (Å²) in [4.78, 5) is 27.6. The van der Waals surface area contributed by atoms with Crippen LogP contribution in [0.15, 0.2) is 60.9 Å². The first-order valence-corrected chi connectivity index (χ1v) is 8.02. The Bertz CT molecular complexity index is 745. The van der Waals surface area contributed by atoms with E-state index in [1.54, 1.807) is 42.7 Å². The van der Waals surface area contributed by atoms with Crippen LogP contribution in [-0.2, 0) is 16.1 Å². The first-order chi connectivity index (χ1) is 12.1. The summed E-state index contributed by atoms with van der Waals surface area (Å²) in [6, 6.07) is 10.6. The largest absolute Gasteiger partial charge is 0.388 e. The lowest BCUT2D eigenvalue weighted by atomic mass is 10.1. The van der Waals surface area contributed by atoms with Gasteiger partial charge in [0.1, 0.15) is 0 Å². The number of aliphatic hydroxyl groups is 1. The third-order valence-electron chi connectivity index (χ3n) is 3.50. The van der Waals surface area contributed by atoms with Gasteiger partial charge < -0.3 is 15.7 Å². The van der Waals surface area contributed by atoms with E-state index >= 15 is 0 Å². The molecule has 0 fully saturated rings. The number of nitrogens with zero attached hydrogens (tertiary/aromatic N) is 1. The van der Waals surface area contributed by atoms with E-state index in [0.29, 0.717) is 18.7 Å². The summed E-state index contributed by atoms with van der Waals surface area (Å²) in [6.45, 7) is 2.22. The third kappa shape index (κ3) is 6.19. The van der Waals surface area contributed by atoms with Crippen LogP contribution in [0, 0.1) is 0 Å². The Balaban J connectivity index is 1.85. The molecular formula is C19H21N3O3. The van der Waals surface area contributed by atoms with E-state index < -0.39 is 12.0 Å². The fourth-order valence-corrected chi connectivity index (χ4v) is 2.15. The van der Waals surface area contributed by atoms with Gasteiger partial charge >= 0.3 is 0 Å². The molecule has 130 valence electrons. The molecular weight excluding hydrogens is 318 g/mol. The van der Waals surface area contributed by atoms with Gasteiger partial charge in [0.05, 0.1) is 6.10 Å². The summed E-state index contributed by atoms with van der Waals surface area (Å²) < 4.78 is 0. The van der Waals surface area contributed by atoms with Gasteiger partial charge in [0.25, 0.3) is 0 Å². The molecule has 6 nitrogen and oxygen atoms in total. The number of hydrogen-bond donors (Lipinski definition) is 3. The smallest absolute Gasteiger partial charge is 0.248 e. The highest BCUT2D eigenvalue weighted by Crippen LogP contribution is 2.19. The van der Waals surface area contributed by atoms with E-state index in [2.05, 4.69) is 15.6 Å². The molecule has 1 aromatic carbocycles. The Kier molecular flexibility index (Phi) is 6.86. The minimum absolute atomic E-state index is 0.343. The fraction of sp³-hybridized carbons (Fsp3) is 0.211. The third-order valence-corrected chi connectivity index (χ3v) is 3.50. The van der Waals surface area contributed by atoms with Crippen LogP contribution < -0.4 is 10.6 Å². The maximum atomic E-state index is 11.9. The number of pyridine rings is 1. The quantitative estimate of drug-likeness (QED) is 0.675. The lowest BCUT2D eigenvalue weighted by Gasteiger charge is -2.10. The van der Waals surface area contributed by atoms with E-state index in [-0.39, 0.29) is 5.91 Å². The maximum absolute atomic E-state index is 11.9. The van der Waals surface area contributed by atoms with Gasteiger partial charge in [-0.3, -0.25) is 14.6 Å². The summed E-state index contributed by atoms with van der Waals surface area (Å²) in [5.41, 5.74) is 2.17. The standard InChI is InChI=1S/C19H21N3O3/c1-2-17(23)15-6-3-7-16(11-15)22-19(25)9-8-18(24)21-13-14-5-4-10-20-12-14/h3-12,17,23H,2,13H2,1H3,(H,21,24)(H,22,25)/b9-8+. The van der Waals surface area contributed by atoms with E-state index in [4.69, 9.17) is 0 Å². The molecule has 6 heteroatoms. The average molecular weight is 339 g/mol. The van der Waals surface area contributed by atoms with Crippen molar-refractivity contribution in [1.29, 1.82) is 0 Å². The molecule has 3 N–H and O–H groups in total. The number of carbonyl (C=O) groups excluding carboxylic acids is 2. The Morgan fingerprint density at radius 1 is 1.20 bits per heavy atom. The van der Waals surface area contributed by atoms with Crippen molar-refractivity contribution in [3.63, 3.8) is 0 Å². The van der Waals surface area contributed by atoms with Crippen LogP contribution in [0.5, 0.6) is 0 Å². The molecule has 0 saturated heterocycles. The molecule has 0 bridgehead atoms. The van der Waals surface area contributed by atoms with E-state index in [1.165, 1.54) is 12.2 Å². The average Bonchev–Trinajstić information content (AvgIpc) is 2.65. The number of benzene rings is 1. The first kappa shape index (κ1) is 18.4. The first-order valence-electron chi connectivity index (χ1n) is 8.02. The summed E-state index contributed by atoms with van der Waals surface area (Å²) in [5, 5.41) is 15.2. The highest BCUT2D eigenvalue weighted by molar-refractivity contribution is 6.03. The number of carbonyl (C=O) groups is 2. The molecule has 0 spiro atoms. The van der Waals surface area contributed by atoms with Gasteiger partial charge in [-0.15, -0.1) is 0 Å². The van der Waals surface area contributed by atoms with Gasteiger partial charge in [0, 0.05) is 36.8 Å². The predicted molar refractivity (Wildman–Crippen MR) is 95.5 cm³/mol. The second kappa shape index (κ2) is 9.34. The Hall–Kier alpha value is -2.99. The SMILES string of the molecule is CCC(O)c1cccc(NC(=O)/C=C/C(=O)NCc2cccnc2)c1. The van der Waals surface area contributed by atoms with Gasteiger partial charge in [-0.2, -0.15) is 0 Å². The van der Waals surface area contributed by atoms with Gasteiger partial charge in [-0.25, -0.2) is 0 Å². The van der Waals surface area contributed by atoms with Crippen molar-refractivity contribution >= 4 is 17.5 Å². The zero-order valence-electron chi connectivity index (χ0n) is 14.0. The van der Waals surface area contributed by atoms with Crippen molar-refractivity contribution in [3.05, 3.63) is 72.1 Å². The summed E-state index contributed by atoms with van der Waals surface area (Å²) >= 11 is 0. The second-order valence-corrected chi connectivity index (χ2v) is 5.45. The Morgan fingerprint density at radius 3 is 2.72 bits per heavy atom. The van der Waals surface area contributed by atoms with Crippen molar-refractivity contribution in [2.75, 3.05) is 5.32 Å². The maximum Gasteiger partial charge on any atom is 0.248 e. The predicted octanol–water partition coefficient (Wildman–Crippen LogP) is 2.34. The van der Waals surface area contributed by atoms with Gasteiger partial charge in [0.15, 0.2) is 0 Å². The summed E-state index contributed by atoms with van der Waals surface area (Å²) in [7, 11) is 0. The molecule has 2 aromatic rings. The molecule has 25 heavy (non-hydrogen) atoms. The molecule has 0 aliphatic carbocycles. The number of rotatable bonds is 7. The zero-order chi connectivity index (χ0) is 18.1. The fourth-order valence-electron chi connectivity index (χ4n) is 2.15. The van der Waals surface area contributed by atoms with Crippen molar-refractivity contribution < 1.29 is 14.7 Å². The van der Waals surface area contributed by atoms with E-state index in [1.807, 2.05) is 13.0 Å². The van der Waals surface area contributed by atoms with E-state index in [9.17, 15) is 14.7 Å². The summed E-state index contributed by atoms with van der Waals surface area (Å²) in [5.74, 6) is -0.783. The van der Waals surface area contributed by atoms with Crippen LogP contribution in [0.2, 0.25) is 0 Å². The van der Waals surface area contributed by atoms with Crippen LogP contribution in [0.1, 0.15) is 30.6 Å². The van der Waals surface area contributed by atoms with Crippen molar-refractivity contribution in [3.8, 4) is 0 Å². The van der Waals surface area contributed by atoms with Crippen LogP contribution in [-0.4, -0.2) is 21.9 Å². The minimum Gasteiger partial charge on any atom is -0.388 e. The molecule has 1 unspecified atom stereocenters. The Labute approximate surface area is 146 Å². The minimum atomic E-state index is -0.564. The van der Waals surface area contributed by atoms with Gasteiger partial charge in [-0.05, 0) is 35.7 Å².